The third-order valence-corrected chi connectivity index (χ3v) is 8.91. The molecule has 0 rings (SSSR count). The Kier molecular flexibility index (Phi) is 8.22. The second kappa shape index (κ2) is 8.30. The molecule has 1 N–H and O–H groups in total. The number of hydrogen-bond donors (Lipinski definition) is 1. The smallest absolute Gasteiger partial charge is 0.215 e. The molecule has 0 saturated carbocycles. The van der Waals surface area contributed by atoms with Gasteiger partial charge in [-0.15, -0.1) is 0 Å². The van der Waals surface area contributed by atoms with Crippen LogP contribution in [0.4, 0.5) is 4.39 Å². The van der Waals surface area contributed by atoms with E-state index in [2.05, 4.69) is 47.7 Å². The number of rotatable bonds is 9. The second-order valence-corrected chi connectivity index (χ2v) is 11.8. The van der Waals surface area contributed by atoms with Crippen molar-refractivity contribution in [1.82, 2.24) is 0 Å². The van der Waals surface area contributed by atoms with E-state index in [0.717, 1.165) is 12.8 Å². The molecule has 0 bridgehead atoms. The van der Waals surface area contributed by atoms with E-state index in [4.69, 9.17) is 9.53 Å². The Bertz CT molecular complexity index is 299. The maximum atomic E-state index is 12.5. The van der Waals surface area contributed by atoms with Crippen molar-refractivity contribution in [3.05, 3.63) is 12.2 Å². The fourth-order valence-electron chi connectivity index (χ4n) is 2.13. The molecular weight excluding hydrogens is 271 g/mol. The summed E-state index contributed by atoms with van der Waals surface area (Å²) in [6.45, 7) is 16.1. The zero-order chi connectivity index (χ0) is 16.0. The molecule has 0 aliphatic heterocycles. The largest absolute Gasteiger partial charge is 0.416 e. The van der Waals surface area contributed by atoms with Crippen molar-refractivity contribution in [2.24, 2.45) is 11.8 Å². The van der Waals surface area contributed by atoms with Crippen molar-refractivity contribution in [2.75, 3.05) is 6.61 Å². The molecule has 0 aliphatic carbocycles. The third kappa shape index (κ3) is 6.51. The van der Waals surface area contributed by atoms with Gasteiger partial charge in [-0.2, -0.15) is 0 Å². The fourth-order valence-corrected chi connectivity index (χ4v) is 3.98. The Balaban J connectivity index is 4.68. The van der Waals surface area contributed by atoms with Gasteiger partial charge in [0.05, 0.1) is 0 Å². The van der Waals surface area contributed by atoms with E-state index in [9.17, 15) is 4.39 Å². The van der Waals surface area contributed by atoms with Gasteiger partial charge in [-0.3, -0.25) is 0 Å². The Morgan fingerprint density at radius 2 is 1.80 bits per heavy atom. The Labute approximate surface area is 125 Å². The molecule has 4 heteroatoms. The van der Waals surface area contributed by atoms with Crippen molar-refractivity contribution in [1.29, 1.82) is 0 Å². The van der Waals surface area contributed by atoms with Crippen LogP contribution in [-0.2, 0) is 4.43 Å². The molecule has 0 amide bonds. The van der Waals surface area contributed by atoms with Gasteiger partial charge in [0.15, 0.2) is 8.32 Å². The highest BCUT2D eigenvalue weighted by molar-refractivity contribution is 6.74. The molecule has 0 aliphatic rings. The first-order chi connectivity index (χ1) is 9.03. The summed E-state index contributed by atoms with van der Waals surface area (Å²) in [5.41, 5.74) is 0. The lowest BCUT2D eigenvalue weighted by Gasteiger charge is -2.40. The molecule has 0 aromatic rings. The van der Waals surface area contributed by atoms with Crippen molar-refractivity contribution in [3.63, 3.8) is 0 Å². The van der Waals surface area contributed by atoms with Crippen LogP contribution in [0.5, 0.6) is 0 Å². The summed E-state index contributed by atoms with van der Waals surface area (Å²) < 4.78 is 18.8. The summed E-state index contributed by atoms with van der Waals surface area (Å²) in [5.74, 6) is 0.508. The average Bonchev–Trinajstić information content (AvgIpc) is 2.27. The third-order valence-electron chi connectivity index (χ3n) is 4.51. The van der Waals surface area contributed by atoms with E-state index in [1.165, 1.54) is 6.08 Å². The van der Waals surface area contributed by atoms with Gasteiger partial charge in [0.1, 0.15) is 0 Å². The lowest BCUT2D eigenvalue weighted by atomic mass is 9.96. The second-order valence-electron chi connectivity index (χ2n) is 7.12. The van der Waals surface area contributed by atoms with Gasteiger partial charge < -0.3 is 9.53 Å². The van der Waals surface area contributed by atoms with Crippen LogP contribution in [0.3, 0.4) is 0 Å². The van der Waals surface area contributed by atoms with E-state index in [1.807, 2.05) is 0 Å². The Hall–Kier alpha value is -0.193. The normalized spacial score (nSPS) is 16.9. The highest BCUT2D eigenvalue weighted by atomic mass is 28.4. The summed E-state index contributed by atoms with van der Waals surface area (Å²) >= 11 is 0. The topological polar surface area (TPSA) is 29.5 Å². The van der Waals surface area contributed by atoms with Crippen molar-refractivity contribution in [2.45, 2.75) is 72.0 Å². The predicted octanol–water partition coefficient (Wildman–Crippen LogP) is 4.90. The van der Waals surface area contributed by atoms with E-state index in [-0.39, 0.29) is 11.0 Å². The first kappa shape index (κ1) is 19.8. The molecule has 0 saturated heterocycles. The zero-order valence-electron chi connectivity index (χ0n) is 14.2. The number of alkyl halides is 1. The number of aliphatic hydroxyl groups excluding tert-OH is 1. The summed E-state index contributed by atoms with van der Waals surface area (Å²) in [5, 5.41) is 8.95. The molecular formula is C16H33FO2Si. The van der Waals surface area contributed by atoms with Crippen molar-refractivity contribution in [3.8, 4) is 0 Å². The zero-order valence-corrected chi connectivity index (χ0v) is 15.2. The minimum Gasteiger partial charge on any atom is -0.416 e. The van der Waals surface area contributed by atoms with Gasteiger partial charge in [-0.05, 0) is 36.5 Å². The monoisotopic (exact) mass is 304 g/mol. The van der Waals surface area contributed by atoms with Gasteiger partial charge in [0, 0.05) is 12.5 Å². The van der Waals surface area contributed by atoms with Crippen LogP contribution in [0.2, 0.25) is 18.1 Å². The molecule has 0 heterocycles. The van der Waals surface area contributed by atoms with Crippen LogP contribution in [0.1, 0.15) is 47.5 Å². The van der Waals surface area contributed by atoms with Crippen molar-refractivity contribution >= 4 is 8.32 Å². The van der Waals surface area contributed by atoms with Crippen LogP contribution in [0, 0.1) is 11.8 Å². The molecule has 0 radical (unpaired) electrons. The van der Waals surface area contributed by atoms with Gasteiger partial charge in [0.2, 0.25) is 6.36 Å². The molecule has 2 unspecified atom stereocenters. The van der Waals surface area contributed by atoms with Crippen molar-refractivity contribution < 1.29 is 13.9 Å². The number of halogens is 1. The summed E-state index contributed by atoms with van der Waals surface area (Å²) in [4.78, 5) is 0. The Morgan fingerprint density at radius 1 is 1.25 bits per heavy atom. The van der Waals surface area contributed by atoms with E-state index in [1.54, 1.807) is 6.08 Å². The SMILES string of the molecule is CCCC(C)(C)[Si](C)(C)OCC(/C=C\C(O)F)C(C)C. The van der Waals surface area contributed by atoms with Gasteiger partial charge in [0.25, 0.3) is 0 Å². The highest BCUT2D eigenvalue weighted by Crippen LogP contribution is 2.42. The first-order valence-electron chi connectivity index (χ1n) is 7.68. The van der Waals surface area contributed by atoms with Crippen LogP contribution >= 0.6 is 0 Å². The maximum Gasteiger partial charge on any atom is 0.215 e. The summed E-state index contributed by atoms with van der Waals surface area (Å²) in [6, 6.07) is 0. The molecule has 0 fully saturated rings. The number of hydrogen-bond acceptors (Lipinski definition) is 2. The quantitative estimate of drug-likeness (QED) is 0.485. The minimum absolute atomic E-state index is 0.143. The van der Waals surface area contributed by atoms with E-state index >= 15 is 0 Å². The predicted molar refractivity (Wildman–Crippen MR) is 87.0 cm³/mol. The van der Waals surface area contributed by atoms with Crippen LogP contribution in [0.15, 0.2) is 12.2 Å². The molecule has 0 aromatic carbocycles. The van der Waals surface area contributed by atoms with E-state index < -0.39 is 14.7 Å². The summed E-state index contributed by atoms with van der Waals surface area (Å²) in [7, 11) is -1.81. The maximum absolute atomic E-state index is 12.5. The molecule has 2 atom stereocenters. The Morgan fingerprint density at radius 3 is 2.20 bits per heavy atom. The highest BCUT2D eigenvalue weighted by Gasteiger charge is 2.40. The standard InChI is InChI=1S/C16H33FO2Si/c1-8-11-16(4,5)20(6,7)19-12-14(13(2)3)9-10-15(17)18/h9-10,13-15,18H,8,11-12H2,1-7H3/b10-9-. The molecule has 120 valence electrons. The first-order valence-corrected chi connectivity index (χ1v) is 10.6. The van der Waals surface area contributed by atoms with Crippen LogP contribution < -0.4 is 0 Å². The van der Waals surface area contributed by atoms with Gasteiger partial charge >= 0.3 is 0 Å². The minimum atomic E-state index is -1.88. The summed E-state index contributed by atoms with van der Waals surface area (Å²) in [6.07, 6.45) is 3.40. The van der Waals surface area contributed by atoms with Crippen LogP contribution in [0.25, 0.3) is 0 Å². The number of aliphatic hydroxyl groups is 1. The fraction of sp³-hybridized carbons (Fsp3) is 0.875. The average molecular weight is 305 g/mol. The molecule has 0 spiro atoms. The lowest BCUT2D eigenvalue weighted by Crippen LogP contribution is -2.43. The molecule has 0 aromatic heterocycles. The van der Waals surface area contributed by atoms with Gasteiger partial charge in [-0.1, -0.05) is 47.1 Å². The lowest BCUT2D eigenvalue weighted by molar-refractivity contribution is 0.0871. The van der Waals surface area contributed by atoms with E-state index in [0.29, 0.717) is 12.5 Å². The molecule has 20 heavy (non-hydrogen) atoms. The molecule has 2 nitrogen and oxygen atoms in total. The van der Waals surface area contributed by atoms with Crippen LogP contribution in [-0.4, -0.2) is 26.4 Å². The van der Waals surface area contributed by atoms with Gasteiger partial charge in [-0.25, -0.2) is 4.39 Å².